The van der Waals surface area contributed by atoms with Gasteiger partial charge in [0.1, 0.15) is 5.75 Å². The molecule has 0 radical (unpaired) electrons. The fourth-order valence-electron chi connectivity index (χ4n) is 1.93. The zero-order valence-electron chi connectivity index (χ0n) is 15.0. The molecule has 25 heavy (non-hydrogen) atoms. The highest BCUT2D eigenvalue weighted by atomic mass is 16.5. The fraction of sp³-hybridized carbons (Fsp3) is 0.389. The maximum Gasteiger partial charge on any atom is 0.330 e. The van der Waals surface area contributed by atoms with Crippen molar-refractivity contribution in [3.05, 3.63) is 35.4 Å². The third-order valence-electron chi connectivity index (χ3n) is 3.41. The average molecular weight is 349 g/mol. The molecule has 7 nitrogen and oxygen atoms in total. The van der Waals surface area contributed by atoms with E-state index in [0.29, 0.717) is 16.9 Å². The van der Waals surface area contributed by atoms with Gasteiger partial charge >= 0.3 is 11.9 Å². The topological polar surface area (TPSA) is 102 Å². The summed E-state index contributed by atoms with van der Waals surface area (Å²) in [5.41, 5.74) is -0.000224. The minimum atomic E-state index is -1.27. The Morgan fingerprint density at radius 1 is 1.20 bits per heavy atom. The number of carboxylic acids is 1. The molecule has 0 aromatic heterocycles. The summed E-state index contributed by atoms with van der Waals surface area (Å²) in [5, 5.41) is 12.1. The lowest BCUT2D eigenvalue weighted by Crippen LogP contribution is -2.40. The quantitative estimate of drug-likeness (QED) is 0.603. The molecule has 0 fully saturated rings. The first-order valence-corrected chi connectivity index (χ1v) is 7.58. The third-order valence-corrected chi connectivity index (χ3v) is 3.41. The Morgan fingerprint density at radius 3 is 2.32 bits per heavy atom. The Labute approximate surface area is 146 Å². The fourth-order valence-corrected chi connectivity index (χ4v) is 1.93. The van der Waals surface area contributed by atoms with Crippen LogP contribution in [0.4, 0.5) is 0 Å². The van der Waals surface area contributed by atoms with Crippen molar-refractivity contribution >= 4 is 23.9 Å². The number of amides is 1. The molecule has 0 bridgehead atoms. The highest BCUT2D eigenvalue weighted by Crippen LogP contribution is 2.26. The summed E-state index contributed by atoms with van der Waals surface area (Å²) < 4.78 is 9.68. The van der Waals surface area contributed by atoms with E-state index in [0.717, 1.165) is 0 Å². The van der Waals surface area contributed by atoms with Crippen molar-refractivity contribution in [3.8, 4) is 5.75 Å². The normalized spacial score (nSPS) is 12.5. The number of nitrogens with one attached hydrogen (secondary N) is 1. The van der Waals surface area contributed by atoms with E-state index >= 15 is 0 Å². The van der Waals surface area contributed by atoms with E-state index in [9.17, 15) is 19.5 Å². The molecule has 0 aliphatic heterocycles. The monoisotopic (exact) mass is 349 g/mol. The van der Waals surface area contributed by atoms with Crippen LogP contribution in [-0.4, -0.2) is 37.2 Å². The van der Waals surface area contributed by atoms with Crippen molar-refractivity contribution in [1.29, 1.82) is 0 Å². The van der Waals surface area contributed by atoms with Gasteiger partial charge in [0.25, 0.3) is 0 Å². The molecular weight excluding hydrogens is 326 g/mol. The van der Waals surface area contributed by atoms with E-state index in [2.05, 4.69) is 10.1 Å². The van der Waals surface area contributed by atoms with Crippen LogP contribution in [0.1, 0.15) is 37.9 Å². The van der Waals surface area contributed by atoms with Crippen LogP contribution in [0.5, 0.6) is 5.75 Å². The van der Waals surface area contributed by atoms with Crippen molar-refractivity contribution in [2.75, 3.05) is 14.2 Å². The largest absolute Gasteiger partial charge is 0.497 e. The van der Waals surface area contributed by atoms with Crippen LogP contribution < -0.4 is 10.1 Å². The molecule has 7 heteroatoms. The maximum atomic E-state index is 12.2. The van der Waals surface area contributed by atoms with Crippen LogP contribution in [0.25, 0.3) is 6.08 Å². The molecule has 0 aliphatic rings. The van der Waals surface area contributed by atoms with E-state index < -0.39 is 29.3 Å². The molecule has 136 valence electrons. The Morgan fingerprint density at radius 2 is 1.84 bits per heavy atom. The number of hydrogen-bond donors (Lipinski definition) is 2. The van der Waals surface area contributed by atoms with Gasteiger partial charge in [-0.25, -0.2) is 9.59 Å². The molecule has 1 rings (SSSR count). The molecule has 0 heterocycles. The number of carboxylic acid groups (broad SMARTS) is 1. The average Bonchev–Trinajstić information content (AvgIpc) is 2.55. The van der Waals surface area contributed by atoms with Crippen molar-refractivity contribution in [2.24, 2.45) is 5.41 Å². The Bertz CT molecular complexity index is 687. The molecule has 1 aromatic carbocycles. The van der Waals surface area contributed by atoms with Crippen molar-refractivity contribution < 1.29 is 29.0 Å². The second-order valence-corrected chi connectivity index (χ2v) is 6.35. The minimum absolute atomic E-state index is 0.325. The van der Waals surface area contributed by atoms with Gasteiger partial charge in [-0.2, -0.15) is 0 Å². The smallest absolute Gasteiger partial charge is 0.330 e. The molecule has 0 aliphatic carbocycles. The maximum absolute atomic E-state index is 12.2. The van der Waals surface area contributed by atoms with Crippen LogP contribution in [0, 0.1) is 5.41 Å². The molecule has 0 saturated carbocycles. The van der Waals surface area contributed by atoms with Crippen molar-refractivity contribution in [1.82, 2.24) is 5.32 Å². The van der Waals surface area contributed by atoms with Gasteiger partial charge < -0.3 is 19.9 Å². The lowest BCUT2D eigenvalue weighted by atomic mass is 9.93. The van der Waals surface area contributed by atoms with Crippen LogP contribution in [0.3, 0.4) is 0 Å². The van der Waals surface area contributed by atoms with Gasteiger partial charge in [0.15, 0.2) is 6.04 Å². The zero-order chi connectivity index (χ0) is 19.2. The second-order valence-electron chi connectivity index (χ2n) is 6.35. The summed E-state index contributed by atoms with van der Waals surface area (Å²) >= 11 is 0. The van der Waals surface area contributed by atoms with Gasteiger partial charge in [0.2, 0.25) is 5.91 Å². The van der Waals surface area contributed by atoms with Gasteiger partial charge in [-0.15, -0.1) is 0 Å². The number of carbonyl (C=O) groups is 3. The standard InChI is InChI=1S/C18H23NO6/c1-18(2,3)17(23)19-15(16(21)22)13-8-7-12(24-4)10-11(13)6-9-14(20)25-5/h6-10,15H,1-5H3,(H,19,23)(H,21,22)/b9-6+/t15-/m0/s1. The first-order valence-electron chi connectivity index (χ1n) is 7.58. The van der Waals surface area contributed by atoms with Crippen molar-refractivity contribution in [3.63, 3.8) is 0 Å². The van der Waals surface area contributed by atoms with Crippen LogP contribution in [0.2, 0.25) is 0 Å². The number of aliphatic carboxylic acids is 1. The van der Waals surface area contributed by atoms with E-state index in [1.807, 2.05) is 0 Å². The molecule has 1 amide bonds. The Kier molecular flexibility index (Phi) is 6.73. The SMILES string of the molecule is COC(=O)/C=C/c1cc(OC)ccc1[C@H](NC(=O)C(C)(C)C)C(=O)O. The summed E-state index contributed by atoms with van der Waals surface area (Å²) in [5.74, 6) is -1.71. The van der Waals surface area contributed by atoms with Crippen LogP contribution in [0.15, 0.2) is 24.3 Å². The number of carbonyl (C=O) groups excluding carboxylic acids is 2. The van der Waals surface area contributed by atoms with E-state index in [1.165, 1.54) is 32.4 Å². The highest BCUT2D eigenvalue weighted by Gasteiger charge is 2.29. The molecule has 2 N–H and O–H groups in total. The van der Waals surface area contributed by atoms with Gasteiger partial charge in [-0.05, 0) is 29.3 Å². The predicted octanol–water partition coefficient (Wildman–Crippen LogP) is 2.17. The van der Waals surface area contributed by atoms with Gasteiger partial charge in [0, 0.05) is 11.5 Å². The minimum Gasteiger partial charge on any atom is -0.497 e. The molecule has 0 unspecified atom stereocenters. The van der Waals surface area contributed by atoms with Gasteiger partial charge in [-0.1, -0.05) is 26.8 Å². The molecule has 1 aromatic rings. The third kappa shape index (κ3) is 5.63. The lowest BCUT2D eigenvalue weighted by Gasteiger charge is -2.23. The summed E-state index contributed by atoms with van der Waals surface area (Å²) in [6.45, 7) is 5.06. The number of benzene rings is 1. The first kappa shape index (κ1) is 20.2. The summed E-state index contributed by atoms with van der Waals surface area (Å²) in [7, 11) is 2.71. The lowest BCUT2D eigenvalue weighted by molar-refractivity contribution is -0.143. The second kappa shape index (κ2) is 8.32. The Hall–Kier alpha value is -2.83. The number of rotatable bonds is 6. The molecule has 0 spiro atoms. The van der Waals surface area contributed by atoms with Crippen LogP contribution in [-0.2, 0) is 19.1 Å². The van der Waals surface area contributed by atoms with E-state index in [1.54, 1.807) is 32.9 Å². The predicted molar refractivity (Wildman–Crippen MR) is 92.0 cm³/mol. The van der Waals surface area contributed by atoms with E-state index in [4.69, 9.17) is 4.74 Å². The molecule has 1 atom stereocenters. The summed E-state index contributed by atoms with van der Waals surface area (Å²) in [4.78, 5) is 35.2. The zero-order valence-corrected chi connectivity index (χ0v) is 15.0. The first-order chi connectivity index (χ1) is 11.6. The van der Waals surface area contributed by atoms with Gasteiger partial charge in [0.05, 0.1) is 14.2 Å². The highest BCUT2D eigenvalue weighted by molar-refractivity contribution is 5.90. The summed E-state index contributed by atoms with van der Waals surface area (Å²) in [6.07, 6.45) is 2.59. The number of methoxy groups -OCH3 is 2. The number of ether oxygens (including phenoxy) is 2. The van der Waals surface area contributed by atoms with Gasteiger partial charge in [-0.3, -0.25) is 4.79 Å². The number of esters is 1. The summed E-state index contributed by atoms with van der Waals surface area (Å²) in [6, 6.07) is 3.44. The Balaban J connectivity index is 3.34. The molecule has 0 saturated heterocycles. The van der Waals surface area contributed by atoms with Crippen molar-refractivity contribution in [2.45, 2.75) is 26.8 Å². The number of hydrogen-bond acceptors (Lipinski definition) is 5. The molecular formula is C18H23NO6. The van der Waals surface area contributed by atoms with E-state index in [-0.39, 0.29) is 0 Å². The van der Waals surface area contributed by atoms with Crippen LogP contribution >= 0.6 is 0 Å².